The van der Waals surface area contributed by atoms with Crippen LogP contribution in [0.2, 0.25) is 0 Å². The maximum absolute atomic E-state index is 7.88. The van der Waals surface area contributed by atoms with Gasteiger partial charge in [0.05, 0.1) is 25.5 Å². The van der Waals surface area contributed by atoms with Gasteiger partial charge >= 0.3 is 0 Å². The van der Waals surface area contributed by atoms with E-state index >= 15 is 0 Å². The first-order chi connectivity index (χ1) is 56.3. The van der Waals surface area contributed by atoms with Crippen LogP contribution >= 0.6 is 0 Å². The summed E-state index contributed by atoms with van der Waals surface area (Å²) in [6.45, 7) is 38.2. The minimum Gasteiger partial charge on any atom is -0.454 e. The summed E-state index contributed by atoms with van der Waals surface area (Å²) in [6.07, 6.45) is 26.0. The highest BCUT2D eigenvalue weighted by atomic mass is 16.4. The van der Waals surface area contributed by atoms with Crippen molar-refractivity contribution in [3.63, 3.8) is 0 Å². The molecule has 0 saturated carbocycles. The van der Waals surface area contributed by atoms with E-state index in [2.05, 4.69) is 307 Å². The number of nitrogens with zero attached hydrogens (tertiary/aromatic N) is 11. The number of terminal acetylenes is 2. The highest BCUT2D eigenvalue weighted by molar-refractivity contribution is 6.12. The molecule has 0 aliphatic carbocycles. The Balaban J connectivity index is 0.000000135. The van der Waals surface area contributed by atoms with E-state index in [-0.39, 0.29) is 37.0 Å². The summed E-state index contributed by atoms with van der Waals surface area (Å²) in [4.78, 5) is 30.2. The summed E-state index contributed by atoms with van der Waals surface area (Å²) in [6, 6.07) is 49.9. The zero-order valence-electron chi connectivity index (χ0n) is 73.8. The highest BCUT2D eigenvalue weighted by Crippen LogP contribution is 2.48. The predicted molar refractivity (Wildman–Crippen MR) is 475 cm³/mol. The lowest BCUT2D eigenvalue weighted by Crippen LogP contribution is -2.37. The molecule has 18 rings (SSSR count). The lowest BCUT2D eigenvalue weighted by molar-refractivity contribution is 0.383. The minimum absolute atomic E-state index is 0.0830. The summed E-state index contributed by atoms with van der Waals surface area (Å²) >= 11 is 0. The fraction of sp³-hybridized carbons (Fsp3) is 0.296. The maximum atomic E-state index is 7.88. The molecule has 0 N–H and O–H groups in total. The molecule has 4 atom stereocenters. The van der Waals surface area contributed by atoms with Crippen LogP contribution in [0.15, 0.2) is 225 Å². The third kappa shape index (κ3) is 14.8. The van der Waals surface area contributed by atoms with Crippen molar-refractivity contribution in [3.8, 4) is 24.7 Å². The van der Waals surface area contributed by atoms with Crippen LogP contribution in [0.4, 0.5) is 34.1 Å². The summed E-state index contributed by atoms with van der Waals surface area (Å²) in [5.41, 5.74) is 23.8. The van der Waals surface area contributed by atoms with E-state index < -0.39 is 6.98 Å². The van der Waals surface area contributed by atoms with Gasteiger partial charge in [-0.15, -0.1) is 24.7 Å². The number of aryl methyl sites for hydroxylation is 5. The third-order valence-electron chi connectivity index (χ3n) is 21.9. The van der Waals surface area contributed by atoms with Crippen LogP contribution in [0.1, 0.15) is 178 Å². The molecule has 0 saturated heterocycles. The Hall–Kier alpha value is -12.3. The monoisotopic (exact) mass is 1510 g/mol. The quantitative estimate of drug-likeness (QED) is 0.121. The van der Waals surface area contributed by atoms with Gasteiger partial charge in [0.15, 0.2) is 22.3 Å². The summed E-state index contributed by atoms with van der Waals surface area (Å²) in [5, 5.41) is 8.26. The molecule has 4 aliphatic heterocycles. The minimum atomic E-state index is -2.21. The first kappa shape index (κ1) is 72.2. The van der Waals surface area contributed by atoms with Crippen LogP contribution < -0.4 is 29.4 Å². The molecular formula is C98H107N11O4. The van der Waals surface area contributed by atoms with Crippen molar-refractivity contribution in [3.05, 3.63) is 258 Å². The largest absolute Gasteiger partial charge is 0.454 e. The van der Waals surface area contributed by atoms with Crippen LogP contribution in [0, 0.1) is 59.3 Å². The second-order valence-corrected chi connectivity index (χ2v) is 30.7. The summed E-state index contributed by atoms with van der Waals surface area (Å²) in [5.74, 6) is 6.27. The Morgan fingerprint density at radius 3 is 1.04 bits per heavy atom. The van der Waals surface area contributed by atoms with Gasteiger partial charge in [0.25, 0.3) is 0 Å². The summed E-state index contributed by atoms with van der Waals surface area (Å²) in [7, 11) is 2.08. The molecule has 0 bridgehead atoms. The van der Waals surface area contributed by atoms with Crippen molar-refractivity contribution >= 4 is 122 Å². The SMILES string of the molecule is C#CC.C#CC.Cc1ccc2c(n1)oc1c(N3C=CN(C)[C@@H]3C)c(C)ccc12.Cc1ccc2c(oc3ccccc32)c1N1C=CN(c2c(C(C)C)cccc2C(C)C)[C@@H]1C.[2H]c1ccc2c(n1)oc1c(N3C=CN(C([2H])([2H])[2H])[C@@H]3C)c(C)ccc12.[2H]c1ccc2c(n1)oc1c(N3C=CN(c4c(C(C)C)cccc4C(C)C)[C@@H]3C)c(C)ccc12. The van der Waals surface area contributed by atoms with Crippen molar-refractivity contribution in [2.45, 2.75) is 180 Å². The van der Waals surface area contributed by atoms with E-state index in [1.165, 1.54) is 60.4 Å². The van der Waals surface area contributed by atoms with Crippen molar-refractivity contribution in [1.82, 2.24) is 24.8 Å². The highest BCUT2D eigenvalue weighted by Gasteiger charge is 2.35. The lowest BCUT2D eigenvalue weighted by atomic mass is 9.92. The predicted octanol–water partition coefficient (Wildman–Crippen LogP) is 25.3. The molecule has 0 spiro atoms. The molecule has 0 radical (unpaired) electrons. The Kier molecular flexibility index (Phi) is 21.0. The number of hydrogen-bond donors (Lipinski definition) is 0. The number of hydrogen-bond acceptors (Lipinski definition) is 15. The van der Waals surface area contributed by atoms with Crippen molar-refractivity contribution in [2.24, 2.45) is 0 Å². The van der Waals surface area contributed by atoms with E-state index in [4.69, 9.17) is 24.5 Å². The van der Waals surface area contributed by atoms with Crippen LogP contribution in [-0.2, 0) is 0 Å². The molecular weight excluding hydrogens is 1400 g/mol. The zero-order chi connectivity index (χ0) is 84.8. The first-order valence-corrected chi connectivity index (χ1v) is 39.1. The molecule has 0 fully saturated rings. The molecule has 15 heteroatoms. The molecule has 0 amide bonds. The fourth-order valence-corrected chi connectivity index (χ4v) is 15.9. The Bertz CT molecular complexity index is 6260. The van der Waals surface area contributed by atoms with Gasteiger partial charge in [0, 0.05) is 140 Å². The van der Waals surface area contributed by atoms with Gasteiger partial charge in [0.2, 0.25) is 17.1 Å². The van der Waals surface area contributed by atoms with E-state index in [0.29, 0.717) is 46.4 Å². The van der Waals surface area contributed by atoms with E-state index in [0.717, 1.165) is 94.2 Å². The Labute approximate surface area is 673 Å². The molecule has 4 aliphatic rings. The molecule has 14 aromatic rings. The number of fused-ring (bicyclic) bond motifs is 12. The van der Waals surface area contributed by atoms with E-state index in [1.54, 1.807) is 38.4 Å². The summed E-state index contributed by atoms with van der Waals surface area (Å²) < 4.78 is 63.3. The van der Waals surface area contributed by atoms with Crippen LogP contribution in [0.5, 0.6) is 0 Å². The number of para-hydroxylation sites is 3. The average molecular weight is 1510 g/mol. The molecule has 113 heavy (non-hydrogen) atoms. The average Bonchev–Trinajstić information content (AvgIpc) is 1.60. The van der Waals surface area contributed by atoms with Crippen LogP contribution in [-0.4, -0.2) is 63.4 Å². The molecule has 0 unspecified atom stereocenters. The maximum Gasteiger partial charge on any atom is 0.227 e. The van der Waals surface area contributed by atoms with E-state index in [1.807, 2.05) is 62.1 Å². The molecule has 7 aromatic carbocycles. The van der Waals surface area contributed by atoms with Gasteiger partial charge in [-0.05, 0) is 187 Å². The Morgan fingerprint density at radius 2 is 0.664 bits per heavy atom. The van der Waals surface area contributed by atoms with Crippen LogP contribution in [0.3, 0.4) is 0 Å². The number of aromatic nitrogens is 3. The zero-order valence-corrected chi connectivity index (χ0v) is 68.8. The van der Waals surface area contributed by atoms with E-state index in [9.17, 15) is 0 Å². The third-order valence-corrected chi connectivity index (χ3v) is 21.9. The van der Waals surface area contributed by atoms with Gasteiger partial charge in [0.1, 0.15) is 30.2 Å². The first-order valence-electron chi connectivity index (χ1n) is 41.6. The molecule has 11 heterocycles. The van der Waals surface area contributed by atoms with Gasteiger partial charge < -0.3 is 56.9 Å². The van der Waals surface area contributed by atoms with Crippen molar-refractivity contribution in [1.29, 1.82) is 0 Å². The number of benzene rings is 7. The number of pyridine rings is 3. The number of rotatable bonds is 10. The number of furan rings is 4. The van der Waals surface area contributed by atoms with Gasteiger partial charge in [-0.25, -0.2) is 15.0 Å². The molecule has 7 aromatic heterocycles. The number of anilines is 6. The Morgan fingerprint density at radius 1 is 0.354 bits per heavy atom. The smallest absolute Gasteiger partial charge is 0.227 e. The topological polar surface area (TPSA) is 117 Å². The van der Waals surface area contributed by atoms with Gasteiger partial charge in [-0.2, -0.15) is 0 Å². The normalized spacial score (nSPS) is 17.1. The second kappa shape index (κ2) is 32.9. The standard InChI is InChI=1S/C29H32N2O.C28H31N3O.C18H19N3O.C17H17N3O.2C3H4/c1-18(2)22-11-9-12-23(19(3)4)28(22)31-17-16-30(21(31)6)27-20(5)14-15-25-24-10-7-8-13-26(24)32-29(25)27;1-17(2)21-9-7-10-22(18(3)4)26(21)31-16-15-30(20(31)6)25-19(5)12-13-23-24-11-8-14-29-28(24)32-27(23)25;1-11-5-7-14-15-8-6-12(2)19-18(15)22-17(14)16(11)21-10-9-20(4)13(21)3;1-11-6-7-13-14-5-4-8-18-17(14)21-16(13)15(11)20-10-9-19(3)12(20)2;2*1-3-2/h7-19,21H,1-6H3;7-18,20H,1-6H3;5-10,13H,1-4H3;4-10,12H,1-3H3;2*1H,2H3/t21-;20-;13-;12-;;/m1100../s1/i;14D;;3D3,8D;;. The lowest BCUT2D eigenvalue weighted by Gasteiger charge is -2.34. The second-order valence-electron chi connectivity index (χ2n) is 30.7. The van der Waals surface area contributed by atoms with Crippen LogP contribution in [0.25, 0.3) is 88.1 Å². The molecule has 15 nitrogen and oxygen atoms in total. The van der Waals surface area contributed by atoms with Crippen molar-refractivity contribution in [2.75, 3.05) is 43.4 Å². The van der Waals surface area contributed by atoms with Crippen molar-refractivity contribution < 1.29 is 24.5 Å². The molecule has 578 valence electrons. The fourth-order valence-electron chi connectivity index (χ4n) is 15.9. The van der Waals surface area contributed by atoms with Gasteiger partial charge in [-0.1, -0.05) is 159 Å². The van der Waals surface area contributed by atoms with Gasteiger partial charge in [-0.3, -0.25) is 0 Å².